The van der Waals surface area contributed by atoms with Gasteiger partial charge in [0.25, 0.3) is 0 Å². The summed E-state index contributed by atoms with van der Waals surface area (Å²) in [5.74, 6) is 1.37. The second-order valence-electron chi connectivity index (χ2n) is 5.35. The zero-order valence-electron chi connectivity index (χ0n) is 12.6. The van der Waals surface area contributed by atoms with Crippen molar-refractivity contribution in [3.8, 4) is 0 Å². The molecule has 0 unspecified atom stereocenters. The summed E-state index contributed by atoms with van der Waals surface area (Å²) in [6.07, 6.45) is 4.29. The van der Waals surface area contributed by atoms with Crippen LogP contribution in [0.3, 0.4) is 0 Å². The van der Waals surface area contributed by atoms with Crippen molar-refractivity contribution in [1.82, 2.24) is 0 Å². The second kappa shape index (κ2) is 6.94. The van der Waals surface area contributed by atoms with Crippen molar-refractivity contribution < 1.29 is 12.8 Å². The van der Waals surface area contributed by atoms with E-state index >= 15 is 0 Å². The summed E-state index contributed by atoms with van der Waals surface area (Å²) in [5.41, 5.74) is 1.05. The quantitative estimate of drug-likeness (QED) is 0.717. The Morgan fingerprint density at radius 1 is 1.10 bits per heavy atom. The van der Waals surface area contributed by atoms with Gasteiger partial charge in [-0.25, -0.2) is 8.42 Å². The molecule has 1 aromatic heterocycles. The van der Waals surface area contributed by atoms with Gasteiger partial charge in [-0.05, 0) is 37.1 Å². The number of furan rings is 1. The Labute approximate surface area is 126 Å². The summed E-state index contributed by atoms with van der Waals surface area (Å²) in [4.78, 5) is 0.339. The van der Waals surface area contributed by atoms with Crippen LogP contribution in [0.15, 0.2) is 45.7 Å². The molecule has 2 rings (SSSR count). The van der Waals surface area contributed by atoms with Crippen LogP contribution in [0.1, 0.15) is 43.3 Å². The maximum absolute atomic E-state index is 12.3. The average Bonchev–Trinajstić information content (AvgIpc) is 2.79. The van der Waals surface area contributed by atoms with Gasteiger partial charge < -0.3 is 4.42 Å². The fourth-order valence-corrected chi connectivity index (χ4v) is 3.60. The largest absolute Gasteiger partial charge is 0.465 e. The lowest BCUT2D eigenvalue weighted by atomic mass is 10.1. The summed E-state index contributed by atoms with van der Waals surface area (Å²) in [6, 6.07) is 10.4. The molecule has 0 atom stereocenters. The summed E-state index contributed by atoms with van der Waals surface area (Å²) < 4.78 is 30.4. The van der Waals surface area contributed by atoms with Gasteiger partial charge in [0.2, 0.25) is 0 Å². The molecule has 0 aliphatic carbocycles. The van der Waals surface area contributed by atoms with E-state index in [4.69, 9.17) is 4.42 Å². The van der Waals surface area contributed by atoms with Gasteiger partial charge in [-0.2, -0.15) is 0 Å². The fraction of sp³-hybridized carbons (Fsp3) is 0.412. The van der Waals surface area contributed by atoms with Gasteiger partial charge in [-0.15, -0.1) is 0 Å². The number of hydrogen-bond acceptors (Lipinski definition) is 3. The first-order valence-corrected chi connectivity index (χ1v) is 9.04. The van der Waals surface area contributed by atoms with Crippen molar-refractivity contribution in [2.45, 2.75) is 50.2 Å². The molecular formula is C17H22O3S. The molecule has 0 spiro atoms. The molecule has 0 radical (unpaired) electrons. The van der Waals surface area contributed by atoms with E-state index in [-0.39, 0.29) is 5.75 Å². The topological polar surface area (TPSA) is 47.3 Å². The minimum Gasteiger partial charge on any atom is -0.465 e. The maximum Gasteiger partial charge on any atom is 0.185 e. The molecule has 0 saturated heterocycles. The van der Waals surface area contributed by atoms with Gasteiger partial charge in [0.1, 0.15) is 17.3 Å². The molecular weight excluding hydrogens is 284 g/mol. The van der Waals surface area contributed by atoms with Gasteiger partial charge in [0.05, 0.1) is 4.90 Å². The first-order chi connectivity index (χ1) is 10.0. The van der Waals surface area contributed by atoms with E-state index in [2.05, 4.69) is 6.92 Å². The van der Waals surface area contributed by atoms with Crippen LogP contribution >= 0.6 is 0 Å². The molecule has 1 heterocycles. The Morgan fingerprint density at radius 2 is 1.81 bits per heavy atom. The van der Waals surface area contributed by atoms with E-state index in [0.29, 0.717) is 10.7 Å². The molecule has 2 aromatic rings. The Balaban J connectivity index is 2.11. The lowest BCUT2D eigenvalue weighted by Gasteiger charge is -2.02. The number of aryl methyl sites for hydroxylation is 2. The van der Waals surface area contributed by atoms with E-state index < -0.39 is 9.84 Å². The van der Waals surface area contributed by atoms with E-state index in [1.165, 1.54) is 0 Å². The first kappa shape index (κ1) is 15.8. The highest BCUT2D eigenvalue weighted by molar-refractivity contribution is 7.90. The van der Waals surface area contributed by atoms with Crippen molar-refractivity contribution >= 4 is 9.84 Å². The third-order valence-electron chi connectivity index (χ3n) is 3.51. The normalized spacial score (nSPS) is 11.7. The van der Waals surface area contributed by atoms with Crippen molar-refractivity contribution in [3.05, 3.63) is 53.5 Å². The predicted molar refractivity (Wildman–Crippen MR) is 84.0 cm³/mol. The van der Waals surface area contributed by atoms with Crippen LogP contribution in [-0.4, -0.2) is 8.42 Å². The number of sulfone groups is 1. The highest BCUT2D eigenvalue weighted by Crippen LogP contribution is 2.22. The number of benzene rings is 1. The van der Waals surface area contributed by atoms with E-state index in [0.717, 1.165) is 37.0 Å². The Bertz CT molecular complexity index is 669. The molecule has 0 fully saturated rings. The smallest absolute Gasteiger partial charge is 0.185 e. The van der Waals surface area contributed by atoms with Crippen molar-refractivity contribution in [3.63, 3.8) is 0 Å². The van der Waals surface area contributed by atoms with Gasteiger partial charge in [0, 0.05) is 6.42 Å². The number of hydrogen-bond donors (Lipinski definition) is 0. The van der Waals surface area contributed by atoms with Crippen LogP contribution in [0.5, 0.6) is 0 Å². The Morgan fingerprint density at radius 3 is 2.48 bits per heavy atom. The van der Waals surface area contributed by atoms with Crippen molar-refractivity contribution in [2.24, 2.45) is 0 Å². The lowest BCUT2D eigenvalue weighted by Crippen LogP contribution is -2.03. The maximum atomic E-state index is 12.3. The zero-order chi connectivity index (χ0) is 15.3. The Hall–Kier alpha value is -1.55. The van der Waals surface area contributed by atoms with Crippen molar-refractivity contribution in [1.29, 1.82) is 0 Å². The molecule has 0 aliphatic rings. The van der Waals surface area contributed by atoms with Crippen LogP contribution in [0, 0.1) is 6.92 Å². The SMILES string of the molecule is CCCCCc1oc(CS(=O)(=O)c2ccccc2)cc1C. The lowest BCUT2D eigenvalue weighted by molar-refractivity contribution is 0.464. The fourth-order valence-electron chi connectivity index (χ4n) is 2.34. The molecule has 4 heteroatoms. The molecule has 0 amide bonds. The Kier molecular flexibility index (Phi) is 5.23. The van der Waals surface area contributed by atoms with Gasteiger partial charge in [-0.1, -0.05) is 38.0 Å². The van der Waals surface area contributed by atoms with E-state index in [1.54, 1.807) is 24.3 Å². The molecule has 1 aromatic carbocycles. The molecule has 0 saturated carbocycles. The minimum atomic E-state index is -3.34. The molecule has 0 N–H and O–H groups in total. The summed E-state index contributed by atoms with van der Waals surface area (Å²) in [7, 11) is -3.34. The summed E-state index contributed by atoms with van der Waals surface area (Å²) in [5, 5.41) is 0. The molecule has 0 bridgehead atoms. The monoisotopic (exact) mass is 306 g/mol. The second-order valence-corrected chi connectivity index (χ2v) is 7.34. The van der Waals surface area contributed by atoms with E-state index in [1.807, 2.05) is 19.1 Å². The minimum absolute atomic E-state index is 0.0777. The number of unbranched alkanes of at least 4 members (excludes halogenated alkanes) is 2. The third-order valence-corrected chi connectivity index (χ3v) is 5.17. The molecule has 0 aliphatic heterocycles. The average molecular weight is 306 g/mol. The number of rotatable bonds is 7. The van der Waals surface area contributed by atoms with Crippen LogP contribution in [0.25, 0.3) is 0 Å². The zero-order valence-corrected chi connectivity index (χ0v) is 13.4. The van der Waals surface area contributed by atoms with Crippen LogP contribution < -0.4 is 0 Å². The van der Waals surface area contributed by atoms with Crippen LogP contribution in [0.4, 0.5) is 0 Å². The molecule has 114 valence electrons. The summed E-state index contributed by atoms with van der Waals surface area (Å²) in [6.45, 7) is 4.14. The van der Waals surface area contributed by atoms with Crippen LogP contribution in [-0.2, 0) is 22.0 Å². The van der Waals surface area contributed by atoms with Gasteiger partial charge in [0.15, 0.2) is 9.84 Å². The third kappa shape index (κ3) is 4.21. The predicted octanol–water partition coefficient (Wildman–Crippen LogP) is 4.29. The van der Waals surface area contributed by atoms with E-state index in [9.17, 15) is 8.42 Å². The van der Waals surface area contributed by atoms with Crippen molar-refractivity contribution in [2.75, 3.05) is 0 Å². The molecule has 21 heavy (non-hydrogen) atoms. The van der Waals surface area contributed by atoms with Gasteiger partial charge >= 0.3 is 0 Å². The standard InChI is InChI=1S/C17H22O3S/c1-3-4-6-11-17-14(2)12-15(20-17)13-21(18,19)16-9-7-5-8-10-16/h5,7-10,12H,3-4,6,11,13H2,1-2H3. The first-order valence-electron chi connectivity index (χ1n) is 7.39. The van der Waals surface area contributed by atoms with Crippen LogP contribution in [0.2, 0.25) is 0 Å². The highest BCUT2D eigenvalue weighted by atomic mass is 32.2. The molecule has 3 nitrogen and oxygen atoms in total. The van der Waals surface area contributed by atoms with Gasteiger partial charge in [-0.3, -0.25) is 0 Å². The highest BCUT2D eigenvalue weighted by Gasteiger charge is 2.18. The summed E-state index contributed by atoms with van der Waals surface area (Å²) >= 11 is 0.